The number of aliphatic hydroxyl groups excluding tert-OH is 1. The Labute approximate surface area is 549 Å². The minimum Gasteiger partial charge on any atom is -0.462 e. The maximum atomic E-state index is 13.0. The number of ether oxygens (including phenoxy) is 4. The predicted molar refractivity (Wildman–Crippen MR) is 363 cm³/mol. The molecule has 0 saturated carbocycles. The van der Waals surface area contributed by atoms with Crippen LogP contribution < -0.4 is 0 Å². The number of unbranched alkanes of at least 4 members (excludes halogenated alkanes) is 42. The molecule has 0 aromatic rings. The van der Waals surface area contributed by atoms with E-state index < -0.39 is 97.5 Å². The first-order valence-corrected chi connectivity index (χ1v) is 40.2. The van der Waals surface area contributed by atoms with E-state index in [2.05, 4.69) is 34.6 Å². The number of carbonyl (C=O) groups is 4. The van der Waals surface area contributed by atoms with Crippen molar-refractivity contribution in [2.75, 3.05) is 39.6 Å². The molecule has 0 saturated heterocycles. The second kappa shape index (κ2) is 64.4. The molecule has 6 atom stereocenters. The quantitative estimate of drug-likeness (QED) is 0.0222. The van der Waals surface area contributed by atoms with Crippen molar-refractivity contribution >= 4 is 39.5 Å². The first kappa shape index (κ1) is 88.1. The molecule has 0 spiro atoms. The number of hydrogen-bond donors (Lipinski definition) is 3. The Morgan fingerprint density at radius 2 is 0.533 bits per heavy atom. The van der Waals surface area contributed by atoms with Crippen molar-refractivity contribution in [3.8, 4) is 0 Å². The first-order valence-electron chi connectivity index (χ1n) is 37.2. The summed E-state index contributed by atoms with van der Waals surface area (Å²) in [6.45, 7) is 7.26. The zero-order chi connectivity index (χ0) is 66.3. The number of carbonyl (C=O) groups excluding carboxylic acids is 4. The van der Waals surface area contributed by atoms with Crippen LogP contribution in [0.2, 0.25) is 0 Å². The van der Waals surface area contributed by atoms with E-state index in [1.165, 1.54) is 180 Å². The molecule has 534 valence electrons. The summed E-state index contributed by atoms with van der Waals surface area (Å²) < 4.78 is 68.1. The lowest BCUT2D eigenvalue weighted by atomic mass is 9.99. The summed E-state index contributed by atoms with van der Waals surface area (Å²) in [5.74, 6) is -1.26. The van der Waals surface area contributed by atoms with Gasteiger partial charge in [0.1, 0.15) is 19.3 Å². The van der Waals surface area contributed by atoms with Gasteiger partial charge in [0.05, 0.1) is 26.4 Å². The second-order valence-electron chi connectivity index (χ2n) is 25.9. The highest BCUT2D eigenvalue weighted by Gasteiger charge is 2.30. The lowest BCUT2D eigenvalue weighted by molar-refractivity contribution is -0.161. The normalized spacial score (nSPS) is 14.4. The second-order valence-corrected chi connectivity index (χ2v) is 28.8. The molecule has 0 bridgehead atoms. The van der Waals surface area contributed by atoms with Gasteiger partial charge >= 0.3 is 39.5 Å². The van der Waals surface area contributed by atoms with Gasteiger partial charge in [0.25, 0.3) is 0 Å². The monoisotopic (exact) mass is 1320 g/mol. The van der Waals surface area contributed by atoms with Gasteiger partial charge in [-0.05, 0) is 31.6 Å². The van der Waals surface area contributed by atoms with Crippen LogP contribution in [0.25, 0.3) is 0 Å². The summed E-state index contributed by atoms with van der Waals surface area (Å²) in [5, 5.41) is 10.6. The molecule has 3 N–H and O–H groups in total. The van der Waals surface area contributed by atoms with Gasteiger partial charge in [-0.2, -0.15) is 0 Å². The number of rotatable bonds is 71. The van der Waals surface area contributed by atoms with Gasteiger partial charge in [-0.25, -0.2) is 9.13 Å². The molecule has 3 unspecified atom stereocenters. The van der Waals surface area contributed by atoms with Crippen LogP contribution in [0.4, 0.5) is 0 Å². The Morgan fingerprint density at radius 1 is 0.311 bits per heavy atom. The average Bonchev–Trinajstić information content (AvgIpc) is 3.34. The molecule has 0 aliphatic rings. The van der Waals surface area contributed by atoms with Gasteiger partial charge in [0.15, 0.2) is 12.2 Å². The summed E-state index contributed by atoms with van der Waals surface area (Å²) in [6, 6.07) is 0. The summed E-state index contributed by atoms with van der Waals surface area (Å²) in [5.41, 5.74) is 0. The van der Waals surface area contributed by atoms with Crippen LogP contribution in [-0.2, 0) is 65.4 Å². The van der Waals surface area contributed by atoms with Gasteiger partial charge in [0, 0.05) is 25.7 Å². The predicted octanol–water partition coefficient (Wildman–Crippen LogP) is 20.5. The van der Waals surface area contributed by atoms with E-state index in [4.69, 9.17) is 37.0 Å². The van der Waals surface area contributed by atoms with Gasteiger partial charge < -0.3 is 33.8 Å². The Morgan fingerprint density at radius 3 is 0.789 bits per heavy atom. The van der Waals surface area contributed by atoms with Crippen molar-refractivity contribution in [3.05, 3.63) is 0 Å². The van der Waals surface area contributed by atoms with Gasteiger partial charge in [-0.3, -0.25) is 37.3 Å². The molecule has 0 aromatic heterocycles. The molecule has 0 aliphatic heterocycles. The summed E-state index contributed by atoms with van der Waals surface area (Å²) in [6.07, 6.45) is 51.5. The van der Waals surface area contributed by atoms with Crippen molar-refractivity contribution in [1.82, 2.24) is 0 Å². The molecular weight excluding hydrogens is 1190 g/mol. The molecule has 0 aromatic carbocycles. The third kappa shape index (κ3) is 63.5. The zero-order valence-corrected chi connectivity index (χ0v) is 60.1. The van der Waals surface area contributed by atoms with Crippen LogP contribution in [0.1, 0.15) is 369 Å². The topological polar surface area (TPSA) is 237 Å². The fourth-order valence-corrected chi connectivity index (χ4v) is 12.4. The average molecular weight is 1330 g/mol. The van der Waals surface area contributed by atoms with E-state index >= 15 is 0 Å². The van der Waals surface area contributed by atoms with Gasteiger partial charge in [-0.1, -0.05) is 317 Å². The molecule has 90 heavy (non-hydrogen) atoms. The fourth-order valence-electron chi connectivity index (χ4n) is 10.8. The number of phosphoric acid groups is 2. The maximum Gasteiger partial charge on any atom is 0.472 e. The van der Waals surface area contributed by atoms with Crippen molar-refractivity contribution in [3.63, 3.8) is 0 Å². The molecule has 0 rings (SSSR count). The smallest absolute Gasteiger partial charge is 0.462 e. The molecular formula is C71H138O17P2. The number of aliphatic hydroxyl groups is 1. The minimum atomic E-state index is -4.95. The van der Waals surface area contributed by atoms with Crippen LogP contribution >= 0.6 is 15.6 Å². The summed E-state index contributed by atoms with van der Waals surface area (Å²) in [7, 11) is -9.89. The van der Waals surface area contributed by atoms with Crippen molar-refractivity contribution in [2.24, 2.45) is 5.92 Å². The van der Waals surface area contributed by atoms with E-state index in [9.17, 15) is 43.2 Å². The van der Waals surface area contributed by atoms with E-state index in [-0.39, 0.29) is 25.7 Å². The lowest BCUT2D eigenvalue weighted by Crippen LogP contribution is -2.30. The number of esters is 4. The van der Waals surface area contributed by atoms with E-state index in [1.54, 1.807) is 0 Å². The third-order valence-corrected chi connectivity index (χ3v) is 18.8. The Balaban J connectivity index is 5.11. The maximum absolute atomic E-state index is 13.0. The zero-order valence-electron chi connectivity index (χ0n) is 58.3. The standard InChI is InChI=1S/C71H138O17P2/c1-6-10-13-16-19-22-23-33-36-41-45-50-55-69(74)82-61-67(88-71(76)57-52-47-42-37-34-31-29-27-25-24-26-28-30-32-35-38-43-48-53-64(5)9-4)63-86-90(79,80)84-59-65(72)58-83-89(77,78)85-62-66(87-70(75)56-51-46-40-21-18-15-12-8-3)60-81-68(73)54-49-44-39-20-17-14-11-7-2/h64-67,72H,6-63H2,1-5H3,(H,77,78)(H,79,80)/t64?,65-,66+,67+/m0/s1. The fraction of sp³-hybridized carbons (Fsp3) is 0.944. The third-order valence-electron chi connectivity index (χ3n) is 16.9. The molecule has 0 heterocycles. The molecule has 0 fully saturated rings. The lowest BCUT2D eigenvalue weighted by Gasteiger charge is -2.21. The Kier molecular flexibility index (Phi) is 63.0. The van der Waals surface area contributed by atoms with Crippen LogP contribution in [0, 0.1) is 5.92 Å². The highest BCUT2D eigenvalue weighted by molar-refractivity contribution is 7.47. The van der Waals surface area contributed by atoms with E-state index in [1.807, 2.05) is 0 Å². The van der Waals surface area contributed by atoms with Crippen LogP contribution in [-0.4, -0.2) is 96.7 Å². The van der Waals surface area contributed by atoms with Crippen molar-refractivity contribution in [1.29, 1.82) is 0 Å². The molecule has 0 amide bonds. The number of hydrogen-bond acceptors (Lipinski definition) is 15. The molecule has 19 heteroatoms. The van der Waals surface area contributed by atoms with Crippen LogP contribution in [0.3, 0.4) is 0 Å². The van der Waals surface area contributed by atoms with Crippen molar-refractivity contribution < 1.29 is 80.2 Å². The molecule has 0 aliphatic carbocycles. The molecule has 17 nitrogen and oxygen atoms in total. The van der Waals surface area contributed by atoms with E-state index in [0.29, 0.717) is 25.7 Å². The SMILES string of the molecule is CCCCCCCCCCCCCCC(=O)OC[C@H](COP(=O)(O)OC[C@@H](O)COP(=O)(O)OC[C@@H](COC(=O)CCCCCCCCCC)OC(=O)CCCCCCCCCC)OC(=O)CCCCCCCCCCCCCCCCCCCCC(C)CC. The highest BCUT2D eigenvalue weighted by Crippen LogP contribution is 2.45. The largest absolute Gasteiger partial charge is 0.472 e. The van der Waals surface area contributed by atoms with Gasteiger partial charge in [0.2, 0.25) is 0 Å². The Hall–Kier alpha value is -1.94. The van der Waals surface area contributed by atoms with Crippen LogP contribution in [0.15, 0.2) is 0 Å². The molecule has 0 radical (unpaired) electrons. The van der Waals surface area contributed by atoms with E-state index in [0.717, 1.165) is 109 Å². The van der Waals surface area contributed by atoms with Crippen molar-refractivity contribution in [2.45, 2.75) is 387 Å². The Bertz CT molecular complexity index is 1740. The van der Waals surface area contributed by atoms with Gasteiger partial charge in [-0.15, -0.1) is 0 Å². The number of phosphoric ester groups is 2. The summed E-state index contributed by atoms with van der Waals surface area (Å²) >= 11 is 0. The first-order chi connectivity index (χ1) is 43.6. The van der Waals surface area contributed by atoms with Crippen LogP contribution in [0.5, 0.6) is 0 Å². The highest BCUT2D eigenvalue weighted by atomic mass is 31.2. The minimum absolute atomic E-state index is 0.105. The summed E-state index contributed by atoms with van der Waals surface area (Å²) in [4.78, 5) is 72.3.